The molecule has 1 aromatic heterocycles. The quantitative estimate of drug-likeness (QED) is 0.597. The second-order valence-corrected chi connectivity index (χ2v) is 7.22. The molecule has 1 aliphatic heterocycles. The van der Waals surface area contributed by atoms with E-state index in [-0.39, 0.29) is 23.6 Å². The summed E-state index contributed by atoms with van der Waals surface area (Å²) in [6.45, 7) is 7.84. The molecule has 0 saturated carbocycles. The van der Waals surface area contributed by atoms with Gasteiger partial charge in [-0.25, -0.2) is 4.98 Å². The Labute approximate surface area is 173 Å². The van der Waals surface area contributed by atoms with Gasteiger partial charge in [-0.1, -0.05) is 23.2 Å². The largest absolute Gasteiger partial charge is 0.379 e. The normalized spacial score (nSPS) is 25.6. The van der Waals surface area contributed by atoms with Crippen molar-refractivity contribution in [1.82, 2.24) is 9.55 Å². The van der Waals surface area contributed by atoms with Gasteiger partial charge in [0.15, 0.2) is 6.23 Å². The first-order valence-corrected chi connectivity index (χ1v) is 10.1. The van der Waals surface area contributed by atoms with E-state index in [9.17, 15) is 0 Å². The number of rotatable bonds is 8. The Balaban J connectivity index is 2.04. The van der Waals surface area contributed by atoms with Crippen LogP contribution in [0.15, 0.2) is 12.1 Å². The molecule has 150 valence electrons. The molecule has 1 fully saturated rings. The van der Waals surface area contributed by atoms with Crippen molar-refractivity contribution < 1.29 is 18.9 Å². The Hall–Kier alpha value is -0.600. The molecule has 1 aliphatic rings. The van der Waals surface area contributed by atoms with Crippen LogP contribution in [0.2, 0.25) is 15.3 Å². The molecule has 0 N–H and O–H groups in total. The van der Waals surface area contributed by atoms with Crippen molar-refractivity contribution in [3.63, 3.8) is 0 Å². The summed E-state index contributed by atoms with van der Waals surface area (Å²) in [5.41, 5.74) is 1.35. The zero-order valence-corrected chi connectivity index (χ0v) is 17.7. The molecule has 0 aliphatic carbocycles. The molecule has 0 spiro atoms. The molecule has 2 heterocycles. The van der Waals surface area contributed by atoms with E-state index < -0.39 is 6.23 Å². The standard InChI is InChI=1S/C18H23Cl3N2O4/c1-4-24-9-14-15(25-5-2)16(26-6-3)17(27-14)23-13-8-11(20)10(19)7-12(13)22-18(23)21/h7-8,14-17H,4-6,9H2,1-3H3/t14-,15-,16-,17-/m1/s1. The van der Waals surface area contributed by atoms with Crippen molar-refractivity contribution in [2.75, 3.05) is 26.4 Å². The minimum absolute atomic E-state index is 0.269. The first-order chi connectivity index (χ1) is 13.0. The van der Waals surface area contributed by atoms with Gasteiger partial charge in [-0.05, 0) is 44.5 Å². The summed E-state index contributed by atoms with van der Waals surface area (Å²) in [4.78, 5) is 4.39. The van der Waals surface area contributed by atoms with Crippen LogP contribution in [-0.4, -0.2) is 54.3 Å². The maximum Gasteiger partial charge on any atom is 0.206 e. The molecular weight excluding hydrogens is 415 g/mol. The maximum atomic E-state index is 6.45. The van der Waals surface area contributed by atoms with Crippen molar-refractivity contribution >= 4 is 45.8 Å². The number of imidazole rings is 1. The Bertz CT molecular complexity index is 786. The Morgan fingerprint density at radius 1 is 1.00 bits per heavy atom. The average Bonchev–Trinajstić information content (AvgIpc) is 3.11. The van der Waals surface area contributed by atoms with Crippen molar-refractivity contribution in [3.05, 3.63) is 27.5 Å². The van der Waals surface area contributed by atoms with Gasteiger partial charge >= 0.3 is 0 Å². The minimum Gasteiger partial charge on any atom is -0.379 e. The fourth-order valence-electron chi connectivity index (χ4n) is 3.35. The first-order valence-electron chi connectivity index (χ1n) is 9.00. The fraction of sp³-hybridized carbons (Fsp3) is 0.611. The second-order valence-electron chi connectivity index (χ2n) is 6.07. The van der Waals surface area contributed by atoms with Crippen molar-refractivity contribution in [3.8, 4) is 0 Å². The van der Waals surface area contributed by atoms with Crippen molar-refractivity contribution in [2.45, 2.75) is 45.3 Å². The molecule has 3 rings (SSSR count). The third-order valence-electron chi connectivity index (χ3n) is 4.43. The van der Waals surface area contributed by atoms with Crippen molar-refractivity contribution in [2.24, 2.45) is 0 Å². The van der Waals surface area contributed by atoms with Crippen LogP contribution in [0.4, 0.5) is 0 Å². The summed E-state index contributed by atoms with van der Waals surface area (Å²) in [5, 5.41) is 1.10. The number of hydrogen-bond acceptors (Lipinski definition) is 5. The van der Waals surface area contributed by atoms with Gasteiger partial charge in [0.1, 0.15) is 18.3 Å². The lowest BCUT2D eigenvalue weighted by molar-refractivity contribution is -0.0729. The predicted molar refractivity (Wildman–Crippen MR) is 106 cm³/mol. The Morgan fingerprint density at radius 2 is 1.67 bits per heavy atom. The van der Waals surface area contributed by atoms with E-state index in [0.29, 0.717) is 42.0 Å². The highest BCUT2D eigenvalue weighted by molar-refractivity contribution is 6.42. The molecule has 9 heteroatoms. The third kappa shape index (κ3) is 4.22. The summed E-state index contributed by atoms with van der Waals surface area (Å²) < 4.78 is 25.6. The lowest BCUT2D eigenvalue weighted by Gasteiger charge is -2.24. The van der Waals surface area contributed by atoms with Crippen LogP contribution in [0, 0.1) is 0 Å². The second kappa shape index (κ2) is 9.27. The van der Waals surface area contributed by atoms with E-state index in [0.717, 1.165) is 5.52 Å². The number of aromatic nitrogens is 2. The molecule has 1 aromatic carbocycles. The van der Waals surface area contributed by atoms with Gasteiger partial charge in [0.05, 0.1) is 27.7 Å². The highest BCUT2D eigenvalue weighted by atomic mass is 35.5. The minimum atomic E-state index is -0.526. The fourth-order valence-corrected chi connectivity index (χ4v) is 3.95. The summed E-state index contributed by atoms with van der Waals surface area (Å²) in [6.07, 6.45) is -1.48. The molecule has 0 amide bonds. The predicted octanol–water partition coefficient (Wildman–Crippen LogP) is 4.74. The number of hydrogen-bond donors (Lipinski definition) is 0. The van der Waals surface area contributed by atoms with Crippen LogP contribution >= 0.6 is 34.8 Å². The lowest BCUT2D eigenvalue weighted by Crippen LogP contribution is -2.38. The zero-order chi connectivity index (χ0) is 19.6. The van der Waals surface area contributed by atoms with Gasteiger partial charge in [0.25, 0.3) is 0 Å². The summed E-state index contributed by atoms with van der Waals surface area (Å²) >= 11 is 18.8. The van der Waals surface area contributed by atoms with Gasteiger partial charge in [-0.3, -0.25) is 4.57 Å². The Kier molecular flexibility index (Phi) is 7.25. The van der Waals surface area contributed by atoms with Gasteiger partial charge in [0, 0.05) is 19.8 Å². The smallest absolute Gasteiger partial charge is 0.206 e. The number of ether oxygens (including phenoxy) is 4. The van der Waals surface area contributed by atoms with Crippen LogP contribution in [0.25, 0.3) is 11.0 Å². The van der Waals surface area contributed by atoms with Crippen LogP contribution in [0.3, 0.4) is 0 Å². The number of benzene rings is 1. The van der Waals surface area contributed by atoms with Crippen LogP contribution < -0.4 is 0 Å². The number of nitrogens with zero attached hydrogens (tertiary/aromatic N) is 2. The third-order valence-corrected chi connectivity index (χ3v) is 5.42. The molecule has 27 heavy (non-hydrogen) atoms. The first kappa shape index (κ1) is 21.1. The molecule has 6 nitrogen and oxygen atoms in total. The highest BCUT2D eigenvalue weighted by Gasteiger charge is 2.48. The molecule has 0 bridgehead atoms. The van der Waals surface area contributed by atoms with E-state index in [1.165, 1.54) is 0 Å². The highest BCUT2D eigenvalue weighted by Crippen LogP contribution is 2.39. The summed E-state index contributed by atoms with van der Waals surface area (Å²) in [7, 11) is 0. The SMILES string of the molecule is CCOC[C@H]1O[C@@H](n2c(Cl)nc3cc(Cl)c(Cl)cc32)[C@H](OCC)[C@@H]1OCC. The van der Waals surface area contributed by atoms with Gasteiger partial charge in [-0.15, -0.1) is 0 Å². The van der Waals surface area contributed by atoms with Crippen molar-refractivity contribution in [1.29, 1.82) is 0 Å². The van der Waals surface area contributed by atoms with E-state index in [1.807, 2.05) is 20.8 Å². The van der Waals surface area contributed by atoms with Crippen LogP contribution in [0.1, 0.15) is 27.0 Å². The summed E-state index contributed by atoms with van der Waals surface area (Å²) in [5.74, 6) is 0. The Morgan fingerprint density at radius 3 is 2.33 bits per heavy atom. The molecule has 1 saturated heterocycles. The maximum absolute atomic E-state index is 6.45. The van der Waals surface area contributed by atoms with E-state index in [4.69, 9.17) is 53.8 Å². The molecule has 0 radical (unpaired) electrons. The molecular formula is C18H23Cl3N2O4. The number of fused-ring (bicyclic) bond motifs is 1. The van der Waals surface area contributed by atoms with Gasteiger partial charge < -0.3 is 18.9 Å². The van der Waals surface area contributed by atoms with Crippen LogP contribution in [-0.2, 0) is 18.9 Å². The zero-order valence-electron chi connectivity index (χ0n) is 15.5. The lowest BCUT2D eigenvalue weighted by atomic mass is 10.1. The monoisotopic (exact) mass is 436 g/mol. The molecule has 0 unspecified atom stereocenters. The molecule has 4 atom stereocenters. The van der Waals surface area contributed by atoms with Gasteiger partial charge in [0.2, 0.25) is 5.28 Å². The molecule has 2 aromatic rings. The van der Waals surface area contributed by atoms with Gasteiger partial charge in [-0.2, -0.15) is 0 Å². The average molecular weight is 438 g/mol. The number of halogens is 3. The summed E-state index contributed by atoms with van der Waals surface area (Å²) in [6, 6.07) is 3.42. The van der Waals surface area contributed by atoms with E-state index in [2.05, 4.69) is 4.98 Å². The van der Waals surface area contributed by atoms with E-state index in [1.54, 1.807) is 16.7 Å². The topological polar surface area (TPSA) is 54.7 Å². The van der Waals surface area contributed by atoms with E-state index >= 15 is 0 Å². The van der Waals surface area contributed by atoms with Crippen LogP contribution in [0.5, 0.6) is 0 Å².